The number of hydrogen-bond donors (Lipinski definition) is 1. The molecular formula is C16H23NO3. The van der Waals surface area contributed by atoms with Crippen LogP contribution in [0.5, 0.6) is 5.75 Å². The largest absolute Gasteiger partial charge is 0.508 e. The maximum absolute atomic E-state index is 10.1. The molecule has 2 saturated heterocycles. The summed E-state index contributed by atoms with van der Waals surface area (Å²) >= 11 is 0. The second-order valence-corrected chi connectivity index (χ2v) is 5.95. The van der Waals surface area contributed by atoms with Crippen molar-refractivity contribution in [2.24, 2.45) is 0 Å². The molecule has 2 heterocycles. The predicted octanol–water partition coefficient (Wildman–Crippen LogP) is 2.35. The minimum Gasteiger partial charge on any atom is -0.508 e. The molecule has 0 aliphatic carbocycles. The SMILES string of the molecule is Cc1cc(O)c(CN2CCC3(CC2)OCCO3)cc1C. The van der Waals surface area contributed by atoms with Crippen LogP contribution in [0.2, 0.25) is 0 Å². The van der Waals surface area contributed by atoms with Gasteiger partial charge in [0.25, 0.3) is 0 Å². The number of likely N-dealkylation sites (tertiary alicyclic amines) is 1. The van der Waals surface area contributed by atoms with Gasteiger partial charge in [-0.3, -0.25) is 4.90 Å². The van der Waals surface area contributed by atoms with E-state index >= 15 is 0 Å². The van der Waals surface area contributed by atoms with Gasteiger partial charge in [-0.05, 0) is 31.0 Å². The molecule has 1 aromatic rings. The van der Waals surface area contributed by atoms with Crippen molar-refractivity contribution in [2.45, 2.75) is 39.0 Å². The van der Waals surface area contributed by atoms with E-state index in [0.29, 0.717) is 5.75 Å². The minimum atomic E-state index is -0.318. The molecule has 2 fully saturated rings. The van der Waals surface area contributed by atoms with Crippen molar-refractivity contribution in [2.75, 3.05) is 26.3 Å². The first-order valence-corrected chi connectivity index (χ1v) is 7.37. The highest BCUT2D eigenvalue weighted by molar-refractivity contribution is 5.40. The zero-order valence-electron chi connectivity index (χ0n) is 12.3. The fraction of sp³-hybridized carbons (Fsp3) is 0.625. The van der Waals surface area contributed by atoms with Gasteiger partial charge in [0.2, 0.25) is 0 Å². The second-order valence-electron chi connectivity index (χ2n) is 5.95. The Kier molecular flexibility index (Phi) is 3.71. The maximum atomic E-state index is 10.1. The van der Waals surface area contributed by atoms with Crippen molar-refractivity contribution in [1.82, 2.24) is 4.90 Å². The van der Waals surface area contributed by atoms with Crippen LogP contribution in [0.4, 0.5) is 0 Å². The van der Waals surface area contributed by atoms with Crippen molar-refractivity contribution in [1.29, 1.82) is 0 Å². The summed E-state index contributed by atoms with van der Waals surface area (Å²) in [6, 6.07) is 3.96. The van der Waals surface area contributed by atoms with Crippen LogP contribution in [0, 0.1) is 13.8 Å². The van der Waals surface area contributed by atoms with Gasteiger partial charge in [-0.25, -0.2) is 0 Å². The lowest BCUT2D eigenvalue weighted by Crippen LogP contribution is -2.44. The number of aryl methyl sites for hydroxylation is 2. The highest BCUT2D eigenvalue weighted by Gasteiger charge is 2.39. The number of phenolic OH excluding ortho intramolecular Hbond substituents is 1. The molecule has 0 aromatic heterocycles. The van der Waals surface area contributed by atoms with E-state index in [1.54, 1.807) is 0 Å². The molecule has 0 bridgehead atoms. The van der Waals surface area contributed by atoms with E-state index in [-0.39, 0.29) is 5.79 Å². The van der Waals surface area contributed by atoms with Crippen molar-refractivity contribution < 1.29 is 14.6 Å². The van der Waals surface area contributed by atoms with Crippen LogP contribution in [0.15, 0.2) is 12.1 Å². The van der Waals surface area contributed by atoms with Crippen LogP contribution >= 0.6 is 0 Å². The monoisotopic (exact) mass is 277 g/mol. The van der Waals surface area contributed by atoms with E-state index in [9.17, 15) is 5.11 Å². The van der Waals surface area contributed by atoms with Gasteiger partial charge in [-0.1, -0.05) is 6.07 Å². The lowest BCUT2D eigenvalue weighted by atomic mass is 10.0. The molecular weight excluding hydrogens is 254 g/mol. The molecule has 20 heavy (non-hydrogen) atoms. The molecule has 3 rings (SSSR count). The lowest BCUT2D eigenvalue weighted by Gasteiger charge is -2.37. The third kappa shape index (κ3) is 2.68. The van der Waals surface area contributed by atoms with Gasteiger partial charge < -0.3 is 14.6 Å². The molecule has 2 aliphatic rings. The van der Waals surface area contributed by atoms with Crippen molar-refractivity contribution in [3.8, 4) is 5.75 Å². The lowest BCUT2D eigenvalue weighted by molar-refractivity contribution is -0.185. The van der Waals surface area contributed by atoms with Gasteiger partial charge in [0.05, 0.1) is 13.2 Å². The summed E-state index contributed by atoms with van der Waals surface area (Å²) in [6.07, 6.45) is 1.83. The number of ether oxygens (including phenoxy) is 2. The van der Waals surface area contributed by atoms with E-state index in [1.807, 2.05) is 13.0 Å². The zero-order valence-corrected chi connectivity index (χ0v) is 12.3. The van der Waals surface area contributed by atoms with Crippen LogP contribution in [0.1, 0.15) is 29.5 Å². The maximum Gasteiger partial charge on any atom is 0.170 e. The van der Waals surface area contributed by atoms with Crippen molar-refractivity contribution >= 4 is 0 Å². The number of hydrogen-bond acceptors (Lipinski definition) is 4. The minimum absolute atomic E-state index is 0.318. The Labute approximate surface area is 120 Å². The average molecular weight is 277 g/mol. The summed E-state index contributed by atoms with van der Waals surface area (Å²) in [4.78, 5) is 2.36. The molecule has 4 nitrogen and oxygen atoms in total. The van der Waals surface area contributed by atoms with Crippen LogP contribution in [-0.4, -0.2) is 42.1 Å². The molecule has 0 unspecified atom stereocenters. The molecule has 1 N–H and O–H groups in total. The Morgan fingerprint density at radius 2 is 1.70 bits per heavy atom. The molecule has 0 atom stereocenters. The van der Waals surface area contributed by atoms with E-state index < -0.39 is 0 Å². The van der Waals surface area contributed by atoms with Gasteiger partial charge in [0.15, 0.2) is 5.79 Å². The molecule has 0 saturated carbocycles. The van der Waals surface area contributed by atoms with E-state index in [2.05, 4.69) is 17.9 Å². The van der Waals surface area contributed by atoms with Crippen LogP contribution in [0.3, 0.4) is 0 Å². The van der Waals surface area contributed by atoms with E-state index in [4.69, 9.17) is 9.47 Å². The Hall–Kier alpha value is -1.10. The fourth-order valence-electron chi connectivity index (χ4n) is 3.07. The van der Waals surface area contributed by atoms with Crippen LogP contribution < -0.4 is 0 Å². The first-order chi connectivity index (χ1) is 9.58. The number of nitrogens with zero attached hydrogens (tertiary/aromatic N) is 1. The normalized spacial score (nSPS) is 22.5. The summed E-state index contributed by atoms with van der Waals surface area (Å²) in [5, 5.41) is 10.1. The molecule has 0 amide bonds. The zero-order chi connectivity index (χ0) is 14.2. The third-order valence-corrected chi connectivity index (χ3v) is 4.52. The Morgan fingerprint density at radius 1 is 1.10 bits per heavy atom. The first kappa shape index (κ1) is 13.9. The van der Waals surface area contributed by atoms with E-state index in [1.165, 1.54) is 5.56 Å². The average Bonchev–Trinajstić information content (AvgIpc) is 2.87. The Balaban J connectivity index is 1.63. The van der Waals surface area contributed by atoms with Crippen molar-refractivity contribution in [3.63, 3.8) is 0 Å². The fourth-order valence-corrected chi connectivity index (χ4v) is 3.07. The highest BCUT2D eigenvalue weighted by Crippen LogP contribution is 2.32. The summed E-state index contributed by atoms with van der Waals surface area (Å²) in [5.74, 6) is 0.0867. The van der Waals surface area contributed by atoms with Crippen LogP contribution in [-0.2, 0) is 16.0 Å². The molecule has 2 aliphatic heterocycles. The Morgan fingerprint density at radius 3 is 2.35 bits per heavy atom. The highest BCUT2D eigenvalue weighted by atomic mass is 16.7. The topological polar surface area (TPSA) is 41.9 Å². The van der Waals surface area contributed by atoms with Gasteiger partial charge >= 0.3 is 0 Å². The predicted molar refractivity (Wildman–Crippen MR) is 76.7 cm³/mol. The number of phenols is 1. The molecule has 4 heteroatoms. The van der Waals surface area contributed by atoms with Crippen molar-refractivity contribution in [3.05, 3.63) is 28.8 Å². The number of piperidine rings is 1. The summed E-state index contributed by atoms with van der Waals surface area (Å²) in [7, 11) is 0. The molecule has 110 valence electrons. The smallest absolute Gasteiger partial charge is 0.170 e. The van der Waals surface area contributed by atoms with Gasteiger partial charge in [-0.2, -0.15) is 0 Å². The van der Waals surface area contributed by atoms with Gasteiger partial charge in [0.1, 0.15) is 5.75 Å². The summed E-state index contributed by atoms with van der Waals surface area (Å²) in [6.45, 7) is 8.25. The molecule has 0 radical (unpaired) electrons. The van der Waals surface area contributed by atoms with E-state index in [0.717, 1.165) is 56.8 Å². The van der Waals surface area contributed by atoms with Gasteiger partial charge in [0, 0.05) is 38.0 Å². The number of aromatic hydroxyl groups is 1. The molecule has 1 spiro atoms. The summed E-state index contributed by atoms with van der Waals surface area (Å²) < 4.78 is 11.5. The number of benzene rings is 1. The van der Waals surface area contributed by atoms with Crippen LogP contribution in [0.25, 0.3) is 0 Å². The summed E-state index contributed by atoms with van der Waals surface area (Å²) in [5.41, 5.74) is 3.38. The first-order valence-electron chi connectivity index (χ1n) is 7.37. The standard InChI is InChI=1S/C16H23NO3/c1-12-9-14(15(18)10-13(12)2)11-17-5-3-16(4-6-17)19-7-8-20-16/h9-10,18H,3-8,11H2,1-2H3. The quantitative estimate of drug-likeness (QED) is 0.901. The number of rotatable bonds is 2. The second kappa shape index (κ2) is 5.35. The Bertz CT molecular complexity index is 485. The third-order valence-electron chi connectivity index (χ3n) is 4.52. The molecule has 1 aromatic carbocycles. The van der Waals surface area contributed by atoms with Gasteiger partial charge in [-0.15, -0.1) is 0 Å².